The Balaban J connectivity index is 1.77. The maximum Gasteiger partial charge on any atom is 0.303 e. The van der Waals surface area contributed by atoms with Crippen LogP contribution in [0.4, 0.5) is 0 Å². The highest BCUT2D eigenvalue weighted by Crippen LogP contribution is 2.38. The van der Waals surface area contributed by atoms with Crippen molar-refractivity contribution in [2.45, 2.75) is 58.2 Å². The molecule has 0 saturated carbocycles. The number of H-pyrrole nitrogens is 1. The molecule has 2 heterocycles. The molecule has 1 aliphatic heterocycles. The van der Waals surface area contributed by atoms with Crippen molar-refractivity contribution in [1.82, 2.24) is 9.97 Å². The third-order valence-corrected chi connectivity index (χ3v) is 5.87. The highest BCUT2D eigenvalue weighted by Gasteiger charge is 2.52. The van der Waals surface area contributed by atoms with E-state index >= 15 is 0 Å². The number of esters is 4. The number of imidazole rings is 1. The Morgan fingerprint density at radius 3 is 2.13 bits per heavy atom. The van der Waals surface area contributed by atoms with Crippen molar-refractivity contribution in [1.29, 1.82) is 0 Å². The van der Waals surface area contributed by atoms with Gasteiger partial charge in [-0.15, -0.1) is 0 Å². The molecule has 1 fully saturated rings. The lowest BCUT2D eigenvalue weighted by Crippen LogP contribution is -2.59. The van der Waals surface area contributed by atoms with E-state index in [1.54, 1.807) is 18.2 Å². The first-order valence-corrected chi connectivity index (χ1v) is 12.0. The SMILES string of the molecule is CC(=O)OC[C@H]1O[C@H](c2cccc(-c3nc4ccccc4[nH]3)c2)[C@@H](OC(C)=O)[C@@H](OC(C)=O)[C@@H]1OC(C)=O. The molecule has 11 nitrogen and oxygen atoms in total. The summed E-state index contributed by atoms with van der Waals surface area (Å²) in [7, 11) is 0. The lowest BCUT2D eigenvalue weighted by molar-refractivity contribution is -0.254. The smallest absolute Gasteiger partial charge is 0.303 e. The fourth-order valence-electron chi connectivity index (χ4n) is 4.45. The number of aromatic amines is 1. The number of hydrogen-bond acceptors (Lipinski definition) is 10. The molecular weight excluding hydrogens is 496 g/mol. The van der Waals surface area contributed by atoms with Crippen LogP contribution in [-0.2, 0) is 42.9 Å². The van der Waals surface area contributed by atoms with Crippen LogP contribution in [0.1, 0.15) is 39.4 Å². The van der Waals surface area contributed by atoms with E-state index in [9.17, 15) is 19.2 Å². The van der Waals surface area contributed by atoms with Crippen LogP contribution in [-0.4, -0.2) is 64.9 Å². The largest absolute Gasteiger partial charge is 0.463 e. The first-order chi connectivity index (χ1) is 18.1. The van der Waals surface area contributed by atoms with E-state index < -0.39 is 54.4 Å². The van der Waals surface area contributed by atoms with E-state index in [0.29, 0.717) is 11.4 Å². The number of benzene rings is 2. The van der Waals surface area contributed by atoms with Gasteiger partial charge in [0.25, 0.3) is 0 Å². The molecule has 1 aliphatic rings. The van der Waals surface area contributed by atoms with Gasteiger partial charge in [-0.25, -0.2) is 4.98 Å². The number of fused-ring (bicyclic) bond motifs is 1. The lowest BCUT2D eigenvalue weighted by Gasteiger charge is -2.44. The Kier molecular flexibility index (Phi) is 8.06. The summed E-state index contributed by atoms with van der Waals surface area (Å²) in [6.45, 7) is 4.50. The predicted molar refractivity (Wildman–Crippen MR) is 132 cm³/mol. The molecule has 1 aromatic heterocycles. The lowest BCUT2D eigenvalue weighted by atomic mass is 9.89. The summed E-state index contributed by atoms with van der Waals surface area (Å²) in [4.78, 5) is 55.6. The fourth-order valence-corrected chi connectivity index (χ4v) is 4.45. The van der Waals surface area contributed by atoms with Gasteiger partial charge in [0.1, 0.15) is 24.6 Å². The van der Waals surface area contributed by atoms with Crippen LogP contribution >= 0.6 is 0 Å². The van der Waals surface area contributed by atoms with Crippen LogP contribution in [0.15, 0.2) is 48.5 Å². The number of ether oxygens (including phenoxy) is 5. The van der Waals surface area contributed by atoms with Crippen molar-refractivity contribution in [3.63, 3.8) is 0 Å². The molecule has 0 spiro atoms. The summed E-state index contributed by atoms with van der Waals surface area (Å²) < 4.78 is 28.0. The van der Waals surface area contributed by atoms with E-state index in [0.717, 1.165) is 16.6 Å². The van der Waals surface area contributed by atoms with Crippen LogP contribution in [0.25, 0.3) is 22.4 Å². The zero-order valence-electron chi connectivity index (χ0n) is 21.3. The summed E-state index contributed by atoms with van der Waals surface area (Å²) in [5, 5.41) is 0. The molecule has 38 heavy (non-hydrogen) atoms. The van der Waals surface area contributed by atoms with Gasteiger partial charge in [0.05, 0.1) is 11.0 Å². The highest BCUT2D eigenvalue weighted by atomic mass is 16.7. The van der Waals surface area contributed by atoms with E-state index in [-0.39, 0.29) is 6.61 Å². The second kappa shape index (κ2) is 11.4. The van der Waals surface area contributed by atoms with Crippen LogP contribution < -0.4 is 0 Å². The van der Waals surface area contributed by atoms with Gasteiger partial charge in [-0.2, -0.15) is 0 Å². The van der Waals surface area contributed by atoms with Crippen LogP contribution in [0.5, 0.6) is 0 Å². The fraction of sp³-hybridized carbons (Fsp3) is 0.370. The summed E-state index contributed by atoms with van der Waals surface area (Å²) >= 11 is 0. The molecule has 0 aliphatic carbocycles. The van der Waals surface area contributed by atoms with Crippen molar-refractivity contribution in [3.05, 3.63) is 54.1 Å². The van der Waals surface area contributed by atoms with E-state index in [1.807, 2.05) is 30.3 Å². The van der Waals surface area contributed by atoms with Gasteiger partial charge in [0.2, 0.25) is 0 Å². The standard InChI is InChI=1S/C27H28N2O9/c1-14(30)34-13-22-24(35-15(2)31)26(37-17(4)33)25(36-16(3)32)23(38-22)18-8-7-9-19(12-18)27-28-20-10-5-6-11-21(20)29-27/h5-12,22-26H,13H2,1-4H3,(H,28,29)/t22-,23-,24-,25-,26+/m1/s1. The molecule has 11 heteroatoms. The number of nitrogens with zero attached hydrogens (tertiary/aromatic N) is 1. The van der Waals surface area contributed by atoms with Gasteiger partial charge in [-0.05, 0) is 23.8 Å². The minimum absolute atomic E-state index is 0.294. The maximum absolute atomic E-state index is 12.1. The summed E-state index contributed by atoms with van der Waals surface area (Å²) in [5.41, 5.74) is 2.95. The molecule has 1 saturated heterocycles. The molecule has 0 unspecified atom stereocenters. The van der Waals surface area contributed by atoms with Crippen molar-refractivity contribution in [3.8, 4) is 11.4 Å². The highest BCUT2D eigenvalue weighted by molar-refractivity contribution is 5.79. The molecule has 200 valence electrons. The molecule has 1 N–H and O–H groups in total. The van der Waals surface area contributed by atoms with Crippen molar-refractivity contribution in [2.75, 3.05) is 6.61 Å². The van der Waals surface area contributed by atoms with Crippen molar-refractivity contribution < 1.29 is 42.9 Å². The normalized spacial score (nSPS) is 22.9. The third-order valence-electron chi connectivity index (χ3n) is 5.87. The topological polar surface area (TPSA) is 143 Å². The van der Waals surface area contributed by atoms with Gasteiger partial charge in [-0.3, -0.25) is 19.2 Å². The Bertz CT molecular complexity index is 1320. The minimum atomic E-state index is -1.24. The summed E-state index contributed by atoms with van der Waals surface area (Å²) in [6, 6.07) is 14.8. The number of nitrogens with one attached hydrogen (secondary N) is 1. The predicted octanol–water partition coefficient (Wildman–Crippen LogP) is 3.03. The average Bonchev–Trinajstić information content (AvgIpc) is 3.29. The Morgan fingerprint density at radius 1 is 0.816 bits per heavy atom. The number of carbonyl (C=O) groups is 4. The third kappa shape index (κ3) is 6.17. The Labute approximate surface area is 218 Å². The first-order valence-electron chi connectivity index (χ1n) is 12.0. The van der Waals surface area contributed by atoms with Gasteiger partial charge >= 0.3 is 23.9 Å². The molecule has 0 amide bonds. The Morgan fingerprint density at radius 2 is 1.47 bits per heavy atom. The number of rotatable bonds is 7. The van der Waals surface area contributed by atoms with Crippen molar-refractivity contribution >= 4 is 34.9 Å². The molecule has 4 rings (SSSR count). The zero-order chi connectivity index (χ0) is 27.4. The second-order valence-electron chi connectivity index (χ2n) is 8.85. The van der Waals surface area contributed by atoms with Gasteiger partial charge in [-0.1, -0.05) is 30.3 Å². The summed E-state index contributed by atoms with van der Waals surface area (Å²) in [5.74, 6) is -2.00. The van der Waals surface area contributed by atoms with Crippen LogP contribution in [0, 0.1) is 0 Å². The average molecular weight is 525 g/mol. The molecule has 5 atom stereocenters. The molecule has 0 bridgehead atoms. The van der Waals surface area contributed by atoms with Crippen LogP contribution in [0.3, 0.4) is 0 Å². The molecule has 0 radical (unpaired) electrons. The Hall–Kier alpha value is -4.25. The van der Waals surface area contributed by atoms with Gasteiger partial charge in [0.15, 0.2) is 18.3 Å². The summed E-state index contributed by atoms with van der Waals surface area (Å²) in [6.07, 6.45) is -5.64. The monoisotopic (exact) mass is 524 g/mol. The van der Waals surface area contributed by atoms with Gasteiger partial charge < -0.3 is 28.7 Å². The van der Waals surface area contributed by atoms with E-state index in [4.69, 9.17) is 23.7 Å². The van der Waals surface area contributed by atoms with E-state index in [1.165, 1.54) is 27.7 Å². The number of para-hydroxylation sites is 2. The second-order valence-corrected chi connectivity index (χ2v) is 8.85. The molecular formula is C27H28N2O9. The van der Waals surface area contributed by atoms with Crippen molar-refractivity contribution in [2.24, 2.45) is 0 Å². The van der Waals surface area contributed by atoms with Gasteiger partial charge in [0, 0.05) is 33.3 Å². The zero-order valence-corrected chi connectivity index (χ0v) is 21.3. The van der Waals surface area contributed by atoms with Crippen LogP contribution in [0.2, 0.25) is 0 Å². The number of aromatic nitrogens is 2. The number of hydrogen-bond donors (Lipinski definition) is 1. The quantitative estimate of drug-likeness (QED) is 0.362. The van der Waals surface area contributed by atoms with E-state index in [2.05, 4.69) is 9.97 Å². The molecule has 2 aromatic carbocycles. The molecule has 3 aromatic rings. The number of carbonyl (C=O) groups excluding carboxylic acids is 4. The first kappa shape index (κ1) is 26.8. The minimum Gasteiger partial charge on any atom is -0.463 e. The maximum atomic E-state index is 12.1.